The zero-order chi connectivity index (χ0) is 14.4. The van der Waals surface area contributed by atoms with E-state index in [1.54, 1.807) is 0 Å². The van der Waals surface area contributed by atoms with E-state index in [1.807, 2.05) is 29.5 Å². The summed E-state index contributed by atoms with van der Waals surface area (Å²) >= 11 is 1.87. The molecule has 0 bridgehead atoms. The highest BCUT2D eigenvalue weighted by Crippen LogP contribution is 2.18. The van der Waals surface area contributed by atoms with E-state index >= 15 is 0 Å². The summed E-state index contributed by atoms with van der Waals surface area (Å²) in [7, 11) is 0. The Labute approximate surface area is 125 Å². The number of nitrogens with zero attached hydrogens (tertiary/aromatic N) is 1. The van der Waals surface area contributed by atoms with Crippen LogP contribution in [0.5, 0.6) is 0 Å². The average molecular weight is 289 g/mol. The first-order valence-electron chi connectivity index (χ1n) is 7.20. The van der Waals surface area contributed by atoms with Gasteiger partial charge in [-0.2, -0.15) is 0 Å². The van der Waals surface area contributed by atoms with E-state index in [0.29, 0.717) is 6.04 Å². The normalized spacial score (nSPS) is 12.2. The number of rotatable bonds is 7. The summed E-state index contributed by atoms with van der Waals surface area (Å²) in [6.07, 6.45) is 2.14. The third kappa shape index (κ3) is 4.53. The molecule has 2 aromatic heterocycles. The Morgan fingerprint density at radius 1 is 1.20 bits per heavy atom. The predicted molar refractivity (Wildman–Crippen MR) is 88.9 cm³/mol. The fraction of sp³-hybridized carbons (Fsp3) is 0.438. The van der Waals surface area contributed by atoms with Crippen molar-refractivity contribution in [3.05, 3.63) is 40.1 Å². The van der Waals surface area contributed by atoms with Crippen LogP contribution < -0.4 is 10.6 Å². The quantitative estimate of drug-likeness (QED) is 0.797. The number of aryl methyl sites for hydroxylation is 1. The van der Waals surface area contributed by atoms with Crippen molar-refractivity contribution in [1.29, 1.82) is 0 Å². The predicted octanol–water partition coefficient (Wildman–Crippen LogP) is 4.32. The van der Waals surface area contributed by atoms with E-state index in [2.05, 4.69) is 48.5 Å². The first-order chi connectivity index (χ1) is 9.67. The topological polar surface area (TPSA) is 37.0 Å². The molecule has 3 nitrogen and oxygen atoms in total. The summed E-state index contributed by atoms with van der Waals surface area (Å²) in [4.78, 5) is 7.37. The lowest BCUT2D eigenvalue weighted by Gasteiger charge is -2.14. The molecular weight excluding hydrogens is 266 g/mol. The van der Waals surface area contributed by atoms with Gasteiger partial charge in [-0.3, -0.25) is 0 Å². The van der Waals surface area contributed by atoms with Crippen LogP contribution in [0.15, 0.2) is 30.3 Å². The van der Waals surface area contributed by atoms with Gasteiger partial charge in [0.2, 0.25) is 0 Å². The van der Waals surface area contributed by atoms with Gasteiger partial charge in [0.1, 0.15) is 11.6 Å². The molecule has 0 saturated carbocycles. The lowest BCUT2D eigenvalue weighted by Crippen LogP contribution is -2.18. The smallest absolute Gasteiger partial charge is 0.128 e. The average Bonchev–Trinajstić information content (AvgIpc) is 2.82. The molecule has 2 heterocycles. The second-order valence-corrected chi connectivity index (χ2v) is 6.47. The molecule has 0 radical (unpaired) electrons. The first-order valence-corrected chi connectivity index (χ1v) is 8.02. The number of hydrogen-bond acceptors (Lipinski definition) is 4. The molecule has 0 aromatic carbocycles. The molecule has 0 saturated heterocycles. The highest BCUT2D eigenvalue weighted by atomic mass is 32.1. The van der Waals surface area contributed by atoms with E-state index in [1.165, 1.54) is 9.75 Å². The zero-order valence-corrected chi connectivity index (χ0v) is 13.3. The van der Waals surface area contributed by atoms with Crippen LogP contribution in [0, 0.1) is 6.92 Å². The second-order valence-electron chi connectivity index (χ2n) is 5.10. The molecule has 0 aliphatic heterocycles. The van der Waals surface area contributed by atoms with E-state index in [0.717, 1.165) is 31.0 Å². The van der Waals surface area contributed by atoms with Crippen molar-refractivity contribution in [1.82, 2.24) is 4.98 Å². The van der Waals surface area contributed by atoms with E-state index in [9.17, 15) is 0 Å². The molecule has 2 aromatic rings. The van der Waals surface area contributed by atoms with Crippen LogP contribution in [0.2, 0.25) is 0 Å². The molecular formula is C16H23N3S. The molecule has 2 N–H and O–H groups in total. The van der Waals surface area contributed by atoms with E-state index in [4.69, 9.17) is 0 Å². The lowest BCUT2D eigenvalue weighted by atomic mass is 10.2. The Hall–Kier alpha value is -1.55. The van der Waals surface area contributed by atoms with Gasteiger partial charge in [0.25, 0.3) is 0 Å². The van der Waals surface area contributed by atoms with Gasteiger partial charge < -0.3 is 10.6 Å². The largest absolute Gasteiger partial charge is 0.370 e. The van der Waals surface area contributed by atoms with Crippen LogP contribution in [-0.4, -0.2) is 17.6 Å². The first kappa shape index (κ1) is 14.9. The maximum Gasteiger partial charge on any atom is 0.128 e. The number of anilines is 2. The number of pyridine rings is 1. The second kappa shape index (κ2) is 7.29. The minimum atomic E-state index is 0.377. The number of hydrogen-bond donors (Lipinski definition) is 2. The molecule has 0 aliphatic rings. The molecule has 2 rings (SSSR count). The Morgan fingerprint density at radius 3 is 2.70 bits per heavy atom. The van der Waals surface area contributed by atoms with Crippen LogP contribution in [0.25, 0.3) is 0 Å². The number of nitrogens with one attached hydrogen (secondary N) is 2. The zero-order valence-electron chi connectivity index (χ0n) is 12.4. The third-order valence-electron chi connectivity index (χ3n) is 3.00. The molecule has 0 amide bonds. The Morgan fingerprint density at radius 2 is 2.00 bits per heavy atom. The van der Waals surface area contributed by atoms with Crippen LogP contribution in [-0.2, 0) is 6.42 Å². The van der Waals surface area contributed by atoms with Gasteiger partial charge in [0, 0.05) is 28.8 Å². The van der Waals surface area contributed by atoms with Crippen molar-refractivity contribution in [2.75, 3.05) is 17.2 Å². The van der Waals surface area contributed by atoms with E-state index in [-0.39, 0.29) is 0 Å². The molecule has 108 valence electrons. The summed E-state index contributed by atoms with van der Waals surface area (Å²) < 4.78 is 0. The van der Waals surface area contributed by atoms with Crippen LogP contribution in [0.4, 0.5) is 11.6 Å². The molecule has 0 spiro atoms. The van der Waals surface area contributed by atoms with Crippen molar-refractivity contribution in [2.24, 2.45) is 0 Å². The summed E-state index contributed by atoms with van der Waals surface area (Å²) in [5.74, 6) is 1.88. The van der Waals surface area contributed by atoms with Crippen molar-refractivity contribution in [3.8, 4) is 0 Å². The fourth-order valence-electron chi connectivity index (χ4n) is 2.07. The molecule has 20 heavy (non-hydrogen) atoms. The Kier molecular flexibility index (Phi) is 5.41. The SMILES string of the molecule is CCCNc1cccc(NC(C)Cc2ccc(C)s2)n1. The highest BCUT2D eigenvalue weighted by molar-refractivity contribution is 7.11. The van der Waals surface area contributed by atoms with Gasteiger partial charge in [-0.1, -0.05) is 13.0 Å². The van der Waals surface area contributed by atoms with Crippen LogP contribution in [0.1, 0.15) is 30.0 Å². The lowest BCUT2D eigenvalue weighted by molar-refractivity contribution is 0.794. The standard InChI is InChI=1S/C16H23N3S/c1-4-10-17-15-6-5-7-16(19-15)18-12(2)11-14-9-8-13(3)20-14/h5-9,12H,4,10-11H2,1-3H3,(H2,17,18,19). The van der Waals surface area contributed by atoms with Crippen molar-refractivity contribution < 1.29 is 0 Å². The monoisotopic (exact) mass is 289 g/mol. The van der Waals surface area contributed by atoms with Gasteiger partial charge in [0.05, 0.1) is 0 Å². The maximum absolute atomic E-state index is 4.58. The highest BCUT2D eigenvalue weighted by Gasteiger charge is 2.06. The van der Waals surface area contributed by atoms with Gasteiger partial charge >= 0.3 is 0 Å². The fourth-order valence-corrected chi connectivity index (χ4v) is 3.09. The van der Waals surface area contributed by atoms with Crippen molar-refractivity contribution in [2.45, 2.75) is 39.7 Å². The van der Waals surface area contributed by atoms with Gasteiger partial charge in [-0.05, 0) is 44.5 Å². The molecule has 1 atom stereocenters. The Balaban J connectivity index is 1.91. The van der Waals surface area contributed by atoms with E-state index < -0.39 is 0 Å². The summed E-state index contributed by atoms with van der Waals surface area (Å²) in [5.41, 5.74) is 0. The molecule has 0 aliphatic carbocycles. The Bertz CT molecular complexity index is 536. The molecule has 0 fully saturated rings. The third-order valence-corrected chi connectivity index (χ3v) is 4.03. The summed E-state index contributed by atoms with van der Waals surface area (Å²) in [6.45, 7) is 7.46. The molecule has 1 unspecified atom stereocenters. The van der Waals surface area contributed by atoms with Gasteiger partial charge in [-0.15, -0.1) is 11.3 Å². The van der Waals surface area contributed by atoms with Gasteiger partial charge in [-0.25, -0.2) is 4.98 Å². The minimum absolute atomic E-state index is 0.377. The van der Waals surface area contributed by atoms with Crippen molar-refractivity contribution in [3.63, 3.8) is 0 Å². The summed E-state index contributed by atoms with van der Waals surface area (Å²) in [6, 6.07) is 10.8. The van der Waals surface area contributed by atoms with Crippen LogP contribution in [0.3, 0.4) is 0 Å². The van der Waals surface area contributed by atoms with Gasteiger partial charge in [0.15, 0.2) is 0 Å². The molecule has 4 heteroatoms. The maximum atomic E-state index is 4.58. The summed E-state index contributed by atoms with van der Waals surface area (Å²) in [5, 5.41) is 6.78. The number of aromatic nitrogens is 1. The minimum Gasteiger partial charge on any atom is -0.370 e. The van der Waals surface area contributed by atoms with Crippen molar-refractivity contribution >= 4 is 23.0 Å². The van der Waals surface area contributed by atoms with Crippen LogP contribution >= 0.6 is 11.3 Å². The number of thiophene rings is 1.